The normalized spacial score (nSPS) is 14.7. The highest BCUT2D eigenvalue weighted by atomic mass is 35.5. The molecule has 1 N–H and O–H groups in total. The quantitative estimate of drug-likeness (QED) is 0.735. The molecule has 126 valence electrons. The SMILES string of the molecule is O=C(COC(=O)CSCc1ccc(Cl)c(Cl)c1)NC1CCCC1. The molecule has 0 atom stereocenters. The van der Waals surface area contributed by atoms with Gasteiger partial charge in [0.25, 0.3) is 5.91 Å². The van der Waals surface area contributed by atoms with Gasteiger partial charge in [-0.1, -0.05) is 42.1 Å². The molecule has 1 fully saturated rings. The lowest BCUT2D eigenvalue weighted by Crippen LogP contribution is -2.36. The predicted molar refractivity (Wildman–Crippen MR) is 94.0 cm³/mol. The van der Waals surface area contributed by atoms with Crippen molar-refractivity contribution in [2.75, 3.05) is 12.4 Å². The summed E-state index contributed by atoms with van der Waals surface area (Å²) in [7, 11) is 0. The first-order chi connectivity index (χ1) is 11.0. The van der Waals surface area contributed by atoms with Gasteiger partial charge in [-0.05, 0) is 30.5 Å². The molecular weight excluding hydrogens is 357 g/mol. The van der Waals surface area contributed by atoms with Crippen LogP contribution in [0.1, 0.15) is 31.2 Å². The Labute approximate surface area is 150 Å². The molecule has 0 radical (unpaired) electrons. The Morgan fingerprint density at radius 2 is 1.96 bits per heavy atom. The summed E-state index contributed by atoms with van der Waals surface area (Å²) < 4.78 is 4.98. The third-order valence-electron chi connectivity index (χ3n) is 3.56. The van der Waals surface area contributed by atoms with Crippen LogP contribution in [0.5, 0.6) is 0 Å². The molecule has 7 heteroatoms. The number of benzene rings is 1. The lowest BCUT2D eigenvalue weighted by atomic mass is 10.2. The van der Waals surface area contributed by atoms with Crippen LogP contribution in [-0.2, 0) is 20.1 Å². The van der Waals surface area contributed by atoms with Crippen LogP contribution in [0, 0.1) is 0 Å². The van der Waals surface area contributed by atoms with Gasteiger partial charge in [0.2, 0.25) is 0 Å². The second-order valence-corrected chi connectivity index (χ2v) is 7.25. The Morgan fingerprint density at radius 1 is 1.22 bits per heavy atom. The third kappa shape index (κ3) is 6.61. The monoisotopic (exact) mass is 375 g/mol. The molecule has 23 heavy (non-hydrogen) atoms. The Bertz CT molecular complexity index is 562. The van der Waals surface area contributed by atoms with Crippen LogP contribution in [0.3, 0.4) is 0 Å². The Morgan fingerprint density at radius 3 is 2.65 bits per heavy atom. The molecular formula is C16H19Cl2NO3S. The number of ether oxygens (including phenoxy) is 1. The molecule has 0 bridgehead atoms. The fraction of sp³-hybridized carbons (Fsp3) is 0.500. The van der Waals surface area contributed by atoms with Gasteiger partial charge in [-0.3, -0.25) is 9.59 Å². The van der Waals surface area contributed by atoms with Gasteiger partial charge in [0.1, 0.15) is 0 Å². The first-order valence-electron chi connectivity index (χ1n) is 7.51. The smallest absolute Gasteiger partial charge is 0.316 e. The largest absolute Gasteiger partial charge is 0.455 e. The summed E-state index contributed by atoms with van der Waals surface area (Å²) in [6.45, 7) is -0.206. The van der Waals surface area contributed by atoms with Gasteiger partial charge in [0.05, 0.1) is 15.8 Å². The second-order valence-electron chi connectivity index (χ2n) is 5.45. The Balaban J connectivity index is 1.60. The molecule has 1 aromatic carbocycles. The van der Waals surface area contributed by atoms with Gasteiger partial charge >= 0.3 is 5.97 Å². The van der Waals surface area contributed by atoms with Crippen molar-refractivity contribution < 1.29 is 14.3 Å². The Hall–Kier alpha value is -0.910. The number of rotatable bonds is 7. The first-order valence-corrected chi connectivity index (χ1v) is 9.42. The van der Waals surface area contributed by atoms with Gasteiger partial charge in [-0.25, -0.2) is 0 Å². The van der Waals surface area contributed by atoms with E-state index in [1.54, 1.807) is 12.1 Å². The third-order valence-corrected chi connectivity index (χ3v) is 5.27. The molecule has 1 aliphatic rings. The maximum atomic E-state index is 11.6. The summed E-state index contributed by atoms with van der Waals surface area (Å²) in [6.07, 6.45) is 4.32. The number of esters is 1. The molecule has 1 amide bonds. The minimum Gasteiger partial charge on any atom is -0.455 e. The fourth-order valence-corrected chi connectivity index (χ4v) is 3.50. The van der Waals surface area contributed by atoms with Crippen LogP contribution in [0.25, 0.3) is 0 Å². The van der Waals surface area contributed by atoms with Gasteiger partial charge in [0.15, 0.2) is 6.61 Å². The summed E-state index contributed by atoms with van der Waals surface area (Å²) in [5, 5.41) is 3.88. The predicted octanol–water partition coefficient (Wildman–Crippen LogP) is 3.83. The van der Waals surface area contributed by atoms with Crippen LogP contribution >= 0.6 is 35.0 Å². The highest BCUT2D eigenvalue weighted by Crippen LogP contribution is 2.24. The van der Waals surface area contributed by atoms with E-state index in [0.29, 0.717) is 15.8 Å². The van der Waals surface area contributed by atoms with Gasteiger partial charge in [-0.2, -0.15) is 0 Å². The summed E-state index contributed by atoms with van der Waals surface area (Å²) in [4.78, 5) is 23.3. The van der Waals surface area contributed by atoms with E-state index in [1.807, 2.05) is 6.07 Å². The van der Waals surface area contributed by atoms with Crippen LogP contribution in [0.15, 0.2) is 18.2 Å². The molecule has 1 aliphatic carbocycles. The highest BCUT2D eigenvalue weighted by molar-refractivity contribution is 7.99. The van der Waals surface area contributed by atoms with Crippen molar-refractivity contribution in [1.29, 1.82) is 0 Å². The van der Waals surface area contributed by atoms with Crippen molar-refractivity contribution >= 4 is 46.8 Å². The van der Waals surface area contributed by atoms with E-state index in [4.69, 9.17) is 27.9 Å². The van der Waals surface area contributed by atoms with Gasteiger partial charge in [0, 0.05) is 11.8 Å². The molecule has 1 aromatic rings. The molecule has 0 unspecified atom stereocenters. The van der Waals surface area contributed by atoms with Crippen molar-refractivity contribution in [2.24, 2.45) is 0 Å². The number of thioether (sulfide) groups is 1. The highest BCUT2D eigenvalue weighted by Gasteiger charge is 2.17. The number of hydrogen-bond acceptors (Lipinski definition) is 4. The first kappa shape index (κ1) is 18.4. The number of nitrogens with one attached hydrogen (secondary N) is 1. The Kier molecular flexibility index (Phi) is 7.53. The van der Waals surface area contributed by atoms with Crippen LogP contribution in [-0.4, -0.2) is 30.3 Å². The lowest BCUT2D eigenvalue weighted by Gasteiger charge is -2.11. The maximum absolute atomic E-state index is 11.6. The average molecular weight is 376 g/mol. The van der Waals surface area contributed by atoms with Gasteiger partial charge < -0.3 is 10.1 Å². The van der Waals surface area contributed by atoms with Gasteiger partial charge in [-0.15, -0.1) is 11.8 Å². The number of hydrogen-bond donors (Lipinski definition) is 1. The molecule has 0 aromatic heterocycles. The van der Waals surface area contributed by atoms with Crippen molar-refractivity contribution in [2.45, 2.75) is 37.5 Å². The minimum atomic E-state index is -0.392. The van der Waals surface area contributed by atoms with E-state index in [1.165, 1.54) is 11.8 Å². The molecule has 0 heterocycles. The summed E-state index contributed by atoms with van der Waals surface area (Å²) >= 11 is 13.2. The molecule has 1 saturated carbocycles. The molecule has 0 spiro atoms. The van der Waals surface area contributed by atoms with E-state index in [-0.39, 0.29) is 24.3 Å². The van der Waals surface area contributed by atoms with Crippen LogP contribution in [0.4, 0.5) is 0 Å². The molecule has 2 rings (SSSR count). The lowest BCUT2D eigenvalue weighted by molar-refractivity contribution is -0.146. The van der Waals surface area contributed by atoms with Crippen molar-refractivity contribution in [1.82, 2.24) is 5.32 Å². The van der Waals surface area contributed by atoms with E-state index >= 15 is 0 Å². The van der Waals surface area contributed by atoms with Crippen LogP contribution in [0.2, 0.25) is 10.0 Å². The number of amides is 1. The topological polar surface area (TPSA) is 55.4 Å². The molecule has 4 nitrogen and oxygen atoms in total. The van der Waals surface area contributed by atoms with E-state index < -0.39 is 5.97 Å². The standard InChI is InChI=1S/C16H19Cl2NO3S/c17-13-6-5-11(7-14(13)18)9-23-10-16(21)22-8-15(20)19-12-3-1-2-4-12/h5-7,12H,1-4,8-10H2,(H,19,20). The zero-order valence-electron chi connectivity index (χ0n) is 12.6. The maximum Gasteiger partial charge on any atom is 0.316 e. The zero-order chi connectivity index (χ0) is 16.7. The van der Waals surface area contributed by atoms with Crippen molar-refractivity contribution in [3.8, 4) is 0 Å². The van der Waals surface area contributed by atoms with Crippen molar-refractivity contribution in [3.05, 3.63) is 33.8 Å². The van der Waals surface area contributed by atoms with Crippen LogP contribution < -0.4 is 5.32 Å². The van der Waals surface area contributed by atoms with E-state index in [0.717, 1.165) is 31.2 Å². The van der Waals surface area contributed by atoms with E-state index in [9.17, 15) is 9.59 Å². The number of carbonyl (C=O) groups excluding carboxylic acids is 2. The summed E-state index contributed by atoms with van der Waals surface area (Å²) in [5.74, 6) is 0.202. The summed E-state index contributed by atoms with van der Waals surface area (Å²) in [5.41, 5.74) is 0.983. The average Bonchev–Trinajstić information content (AvgIpc) is 3.02. The number of carbonyl (C=O) groups is 2. The molecule has 0 saturated heterocycles. The summed E-state index contributed by atoms with van der Waals surface area (Å²) in [6, 6.07) is 5.61. The minimum absolute atomic E-state index is 0.191. The fourth-order valence-electron chi connectivity index (χ4n) is 2.41. The second kappa shape index (κ2) is 9.40. The van der Waals surface area contributed by atoms with Crippen molar-refractivity contribution in [3.63, 3.8) is 0 Å². The molecule has 0 aliphatic heterocycles. The number of halogens is 2. The zero-order valence-corrected chi connectivity index (χ0v) is 15.0. The van der Waals surface area contributed by atoms with E-state index in [2.05, 4.69) is 5.32 Å².